The zero-order valence-electron chi connectivity index (χ0n) is 9.92. The molecular formula is C14H11BrF2O2. The standard InChI is InChI=1S/C14H11BrF2O2/c15-11-10(6-2-1-3-7(6)14(11)19)8-4-5-9(18)13(17)12(8)16/h4-7,18H,1-3H2. The SMILES string of the molecule is O=C1C(Br)=C(c2ccc(O)c(F)c2F)C2CCCC12. The number of benzene rings is 1. The smallest absolute Gasteiger partial charge is 0.200 e. The molecule has 19 heavy (non-hydrogen) atoms. The Morgan fingerprint density at radius 1 is 1.16 bits per heavy atom. The molecule has 1 aromatic carbocycles. The summed E-state index contributed by atoms with van der Waals surface area (Å²) in [6.45, 7) is 0. The molecule has 0 bridgehead atoms. The number of phenolic OH excluding ortho intramolecular Hbond substituents is 1. The van der Waals surface area contributed by atoms with Crippen LogP contribution in [0.3, 0.4) is 0 Å². The van der Waals surface area contributed by atoms with Crippen LogP contribution in [-0.4, -0.2) is 10.9 Å². The quantitative estimate of drug-likeness (QED) is 0.851. The van der Waals surface area contributed by atoms with Crippen molar-refractivity contribution in [1.29, 1.82) is 0 Å². The molecule has 1 saturated carbocycles. The Morgan fingerprint density at radius 3 is 2.58 bits per heavy atom. The Bertz CT molecular complexity index is 610. The summed E-state index contributed by atoms with van der Waals surface area (Å²) in [5.41, 5.74) is 0.619. The van der Waals surface area contributed by atoms with Gasteiger partial charge in [-0.05, 0) is 52.4 Å². The highest BCUT2D eigenvalue weighted by molar-refractivity contribution is 9.12. The number of carbonyl (C=O) groups is 1. The van der Waals surface area contributed by atoms with Crippen molar-refractivity contribution < 1.29 is 18.7 Å². The number of halogens is 3. The maximum absolute atomic E-state index is 14.0. The van der Waals surface area contributed by atoms with Crippen molar-refractivity contribution in [3.63, 3.8) is 0 Å². The number of hydrogen-bond donors (Lipinski definition) is 1. The molecule has 0 aliphatic heterocycles. The van der Waals surface area contributed by atoms with Crippen molar-refractivity contribution in [3.05, 3.63) is 33.8 Å². The lowest BCUT2D eigenvalue weighted by Crippen LogP contribution is -2.10. The normalized spacial score (nSPS) is 26.2. The van der Waals surface area contributed by atoms with Crippen LogP contribution in [-0.2, 0) is 4.79 Å². The van der Waals surface area contributed by atoms with E-state index in [1.807, 2.05) is 0 Å². The number of fused-ring (bicyclic) bond motifs is 1. The number of carbonyl (C=O) groups excluding carboxylic acids is 1. The summed E-state index contributed by atoms with van der Waals surface area (Å²) < 4.78 is 27.8. The minimum Gasteiger partial charge on any atom is -0.505 e. The molecule has 1 aromatic rings. The molecule has 0 saturated heterocycles. The molecule has 0 amide bonds. The van der Waals surface area contributed by atoms with Crippen LogP contribution in [0, 0.1) is 23.5 Å². The molecule has 1 fully saturated rings. The molecule has 100 valence electrons. The number of allylic oxidation sites excluding steroid dienone is 2. The van der Waals surface area contributed by atoms with Crippen molar-refractivity contribution in [3.8, 4) is 5.75 Å². The topological polar surface area (TPSA) is 37.3 Å². The lowest BCUT2D eigenvalue weighted by Gasteiger charge is -2.14. The molecule has 2 atom stereocenters. The summed E-state index contributed by atoms with van der Waals surface area (Å²) in [6, 6.07) is 2.45. The third-order valence-electron chi connectivity index (χ3n) is 4.03. The highest BCUT2D eigenvalue weighted by Crippen LogP contribution is 2.51. The van der Waals surface area contributed by atoms with E-state index >= 15 is 0 Å². The van der Waals surface area contributed by atoms with Crippen molar-refractivity contribution in [2.24, 2.45) is 11.8 Å². The minimum atomic E-state index is -1.26. The van der Waals surface area contributed by atoms with Gasteiger partial charge in [0, 0.05) is 11.5 Å². The van der Waals surface area contributed by atoms with Gasteiger partial charge in [-0.1, -0.05) is 6.42 Å². The average Bonchev–Trinajstić information content (AvgIpc) is 2.94. The average molecular weight is 329 g/mol. The first kappa shape index (κ1) is 12.8. The van der Waals surface area contributed by atoms with Gasteiger partial charge in [-0.2, -0.15) is 4.39 Å². The Labute approximate surface area is 117 Å². The van der Waals surface area contributed by atoms with E-state index in [1.54, 1.807) is 0 Å². The van der Waals surface area contributed by atoms with E-state index in [9.17, 15) is 13.6 Å². The maximum Gasteiger partial charge on any atom is 0.200 e. The van der Waals surface area contributed by atoms with Gasteiger partial charge in [-0.15, -0.1) is 0 Å². The van der Waals surface area contributed by atoms with Crippen LogP contribution in [0.1, 0.15) is 24.8 Å². The van der Waals surface area contributed by atoms with E-state index in [0.29, 0.717) is 10.1 Å². The van der Waals surface area contributed by atoms with Gasteiger partial charge in [0.15, 0.2) is 17.3 Å². The predicted molar refractivity (Wildman–Crippen MR) is 69.7 cm³/mol. The van der Waals surface area contributed by atoms with Gasteiger partial charge in [-0.25, -0.2) is 4.39 Å². The maximum atomic E-state index is 14.0. The fourth-order valence-corrected chi connectivity index (χ4v) is 3.94. The molecule has 2 aliphatic carbocycles. The third-order valence-corrected chi connectivity index (χ3v) is 4.85. The van der Waals surface area contributed by atoms with Gasteiger partial charge in [0.25, 0.3) is 0 Å². The minimum absolute atomic E-state index is 0.0228. The first-order chi connectivity index (χ1) is 9.02. The van der Waals surface area contributed by atoms with Gasteiger partial charge >= 0.3 is 0 Å². The molecular weight excluding hydrogens is 318 g/mol. The lowest BCUT2D eigenvalue weighted by atomic mass is 9.90. The summed E-state index contributed by atoms with van der Waals surface area (Å²) in [6.07, 6.45) is 2.53. The zero-order valence-corrected chi connectivity index (χ0v) is 11.5. The van der Waals surface area contributed by atoms with E-state index in [4.69, 9.17) is 5.11 Å². The molecule has 5 heteroatoms. The molecule has 0 aromatic heterocycles. The number of ketones is 1. The Kier molecular flexibility index (Phi) is 2.96. The summed E-state index contributed by atoms with van der Waals surface area (Å²) in [4.78, 5) is 12.1. The number of phenols is 1. The van der Waals surface area contributed by atoms with E-state index in [1.165, 1.54) is 6.07 Å². The molecule has 0 radical (unpaired) electrons. The van der Waals surface area contributed by atoms with Crippen LogP contribution >= 0.6 is 15.9 Å². The van der Waals surface area contributed by atoms with E-state index in [-0.39, 0.29) is 23.2 Å². The fraction of sp³-hybridized carbons (Fsp3) is 0.357. The molecule has 0 spiro atoms. The molecule has 1 N–H and O–H groups in total. The second-order valence-electron chi connectivity index (χ2n) is 5.00. The lowest BCUT2D eigenvalue weighted by molar-refractivity contribution is -0.118. The summed E-state index contributed by atoms with van der Waals surface area (Å²) in [5.74, 6) is -3.25. The Morgan fingerprint density at radius 2 is 1.84 bits per heavy atom. The molecule has 3 rings (SSSR count). The fourth-order valence-electron chi connectivity index (χ4n) is 3.14. The van der Waals surface area contributed by atoms with Gasteiger partial charge in [0.05, 0.1) is 4.48 Å². The van der Waals surface area contributed by atoms with E-state index in [0.717, 1.165) is 25.3 Å². The number of rotatable bonds is 1. The van der Waals surface area contributed by atoms with Gasteiger partial charge in [0.2, 0.25) is 5.82 Å². The molecule has 2 nitrogen and oxygen atoms in total. The summed E-state index contributed by atoms with van der Waals surface area (Å²) in [5, 5.41) is 9.16. The predicted octanol–water partition coefficient (Wildman–Crippen LogP) is 3.78. The summed E-state index contributed by atoms with van der Waals surface area (Å²) >= 11 is 3.22. The molecule has 2 unspecified atom stereocenters. The molecule has 2 aliphatic rings. The first-order valence-electron chi connectivity index (χ1n) is 6.13. The van der Waals surface area contributed by atoms with Gasteiger partial charge in [0.1, 0.15) is 0 Å². The van der Waals surface area contributed by atoms with E-state index < -0.39 is 17.4 Å². The highest BCUT2D eigenvalue weighted by atomic mass is 79.9. The second-order valence-corrected chi connectivity index (χ2v) is 5.79. The third kappa shape index (κ3) is 1.75. The van der Waals surface area contributed by atoms with Gasteiger partial charge in [-0.3, -0.25) is 4.79 Å². The highest BCUT2D eigenvalue weighted by Gasteiger charge is 2.44. The van der Waals surface area contributed by atoms with Crippen LogP contribution in [0.5, 0.6) is 5.75 Å². The number of aromatic hydroxyl groups is 1. The van der Waals surface area contributed by atoms with Crippen LogP contribution in [0.2, 0.25) is 0 Å². The second kappa shape index (κ2) is 4.40. The van der Waals surface area contributed by atoms with Crippen molar-refractivity contribution in [1.82, 2.24) is 0 Å². The van der Waals surface area contributed by atoms with Crippen LogP contribution in [0.25, 0.3) is 5.57 Å². The van der Waals surface area contributed by atoms with Gasteiger partial charge < -0.3 is 5.11 Å². The summed E-state index contributed by atoms with van der Waals surface area (Å²) in [7, 11) is 0. The van der Waals surface area contributed by atoms with Crippen molar-refractivity contribution in [2.45, 2.75) is 19.3 Å². The zero-order chi connectivity index (χ0) is 13.7. The van der Waals surface area contributed by atoms with Crippen LogP contribution < -0.4 is 0 Å². The number of Topliss-reactive ketones (excluding diaryl/α,β-unsaturated/α-hetero) is 1. The Hall–Kier alpha value is -1.23. The largest absolute Gasteiger partial charge is 0.505 e. The first-order valence-corrected chi connectivity index (χ1v) is 6.93. The van der Waals surface area contributed by atoms with E-state index in [2.05, 4.69) is 15.9 Å². The van der Waals surface area contributed by atoms with Crippen LogP contribution in [0.15, 0.2) is 16.6 Å². The van der Waals surface area contributed by atoms with Crippen molar-refractivity contribution >= 4 is 27.3 Å². The molecule has 0 heterocycles. The van der Waals surface area contributed by atoms with Crippen LogP contribution in [0.4, 0.5) is 8.78 Å². The Balaban J connectivity index is 2.16. The van der Waals surface area contributed by atoms with Crippen molar-refractivity contribution in [2.75, 3.05) is 0 Å². The monoisotopic (exact) mass is 328 g/mol. The number of hydrogen-bond acceptors (Lipinski definition) is 2.